The summed E-state index contributed by atoms with van der Waals surface area (Å²) in [5.41, 5.74) is -1.77. The third kappa shape index (κ3) is 6.52. The Morgan fingerprint density at radius 3 is 2.25 bits per heavy atom. The van der Waals surface area contributed by atoms with Crippen molar-refractivity contribution in [3.05, 3.63) is 51.8 Å². The highest BCUT2D eigenvalue weighted by atomic mass is 35.5. The Labute approximate surface area is 209 Å². The molecule has 2 N–H and O–H groups in total. The van der Waals surface area contributed by atoms with Crippen molar-refractivity contribution >= 4 is 35.0 Å². The summed E-state index contributed by atoms with van der Waals surface area (Å²) in [4.78, 5) is 23.7. The van der Waals surface area contributed by atoms with Gasteiger partial charge in [0.1, 0.15) is 17.1 Å². The zero-order valence-electron chi connectivity index (χ0n) is 18.2. The van der Waals surface area contributed by atoms with E-state index in [4.69, 9.17) is 27.9 Å². The van der Waals surface area contributed by atoms with E-state index in [1.807, 2.05) is 0 Å². The van der Waals surface area contributed by atoms with Gasteiger partial charge in [0.2, 0.25) is 5.91 Å². The molecule has 2 aromatic rings. The van der Waals surface area contributed by atoms with Gasteiger partial charge >= 0.3 is 18.3 Å². The van der Waals surface area contributed by atoms with Gasteiger partial charge in [0, 0.05) is 16.1 Å². The number of amides is 2. The lowest BCUT2D eigenvalue weighted by Crippen LogP contribution is -2.53. The van der Waals surface area contributed by atoms with Crippen LogP contribution in [0.2, 0.25) is 10.0 Å². The first-order valence-electron chi connectivity index (χ1n) is 10.2. The fourth-order valence-corrected chi connectivity index (χ4v) is 3.90. The van der Waals surface area contributed by atoms with Crippen LogP contribution in [0, 0.1) is 5.82 Å². The van der Waals surface area contributed by atoms with Gasteiger partial charge in [-0.25, -0.2) is 4.39 Å². The molecule has 3 rings (SSSR count). The molecule has 0 saturated heterocycles. The molecular weight excluding hydrogens is 544 g/mol. The minimum atomic E-state index is -5.17. The molecule has 0 unspecified atom stereocenters. The second kappa shape index (κ2) is 9.97. The van der Waals surface area contributed by atoms with Crippen molar-refractivity contribution in [1.82, 2.24) is 10.6 Å². The van der Waals surface area contributed by atoms with Crippen LogP contribution in [-0.2, 0) is 9.59 Å². The standard InChI is InChI=1S/C22H17Cl2F7N2O3/c1-10(32-18(34)20(4-5-20)33-19(35)22(29,30)31)13-3-2-11(6-16(13)25)14-7-12(23)8-15(24)17(14)36-9-21(26,27)28/h2-3,6-8,10H,4-5,9H2,1H3,(H,32,34)(H,33,35)/t10-/m1/s1. The van der Waals surface area contributed by atoms with Gasteiger partial charge in [-0.3, -0.25) is 9.59 Å². The number of carbonyl (C=O) groups is 2. The lowest BCUT2D eigenvalue weighted by molar-refractivity contribution is -0.175. The highest BCUT2D eigenvalue weighted by Crippen LogP contribution is 2.41. The Morgan fingerprint density at radius 1 is 1.08 bits per heavy atom. The molecule has 0 heterocycles. The third-order valence-electron chi connectivity index (χ3n) is 5.31. The maximum Gasteiger partial charge on any atom is 0.471 e. The molecule has 196 valence electrons. The van der Waals surface area contributed by atoms with Crippen LogP contribution in [0.25, 0.3) is 11.1 Å². The van der Waals surface area contributed by atoms with Crippen LogP contribution in [0.5, 0.6) is 5.75 Å². The van der Waals surface area contributed by atoms with E-state index in [9.17, 15) is 40.3 Å². The van der Waals surface area contributed by atoms with Gasteiger partial charge in [-0.2, -0.15) is 26.3 Å². The molecular formula is C22H17Cl2F7N2O3. The van der Waals surface area contributed by atoms with Gasteiger partial charge in [0.25, 0.3) is 0 Å². The van der Waals surface area contributed by atoms with Crippen molar-refractivity contribution in [2.24, 2.45) is 0 Å². The Balaban J connectivity index is 1.81. The number of hydrogen-bond donors (Lipinski definition) is 2. The van der Waals surface area contributed by atoms with Crippen molar-refractivity contribution in [3.63, 3.8) is 0 Å². The summed E-state index contributed by atoms with van der Waals surface area (Å²) in [5, 5.41) is 3.85. The first-order chi connectivity index (χ1) is 16.5. The molecule has 0 aliphatic heterocycles. The van der Waals surface area contributed by atoms with E-state index < -0.39 is 48.2 Å². The summed E-state index contributed by atoms with van der Waals surface area (Å²) in [6.07, 6.45) is -9.88. The summed E-state index contributed by atoms with van der Waals surface area (Å²) in [6.45, 7) is -0.288. The minimum absolute atomic E-state index is 0.0225. The summed E-state index contributed by atoms with van der Waals surface area (Å²) >= 11 is 11.9. The second-order valence-corrected chi connectivity index (χ2v) is 8.98. The van der Waals surface area contributed by atoms with E-state index >= 15 is 0 Å². The SMILES string of the molecule is C[C@@H](NC(=O)C1(NC(=O)C(F)(F)F)CC1)c1ccc(-c2cc(Cl)cc(Cl)c2OCC(F)(F)F)cc1F. The zero-order chi connectivity index (χ0) is 27.1. The molecule has 1 aliphatic carbocycles. The second-order valence-electron chi connectivity index (χ2n) is 8.13. The number of rotatable bonds is 7. The minimum Gasteiger partial charge on any atom is -0.482 e. The molecule has 1 saturated carbocycles. The van der Waals surface area contributed by atoms with Crippen molar-refractivity contribution in [3.8, 4) is 16.9 Å². The molecule has 14 heteroatoms. The number of benzene rings is 2. The normalized spacial score (nSPS) is 15.7. The number of alkyl halides is 6. The predicted octanol–water partition coefficient (Wildman–Crippen LogP) is 6.13. The summed E-state index contributed by atoms with van der Waals surface area (Å²) in [7, 11) is 0. The topological polar surface area (TPSA) is 67.4 Å². The molecule has 2 aromatic carbocycles. The monoisotopic (exact) mass is 560 g/mol. The first kappa shape index (κ1) is 27.9. The zero-order valence-corrected chi connectivity index (χ0v) is 19.7. The molecule has 0 spiro atoms. The lowest BCUT2D eigenvalue weighted by Gasteiger charge is -2.22. The van der Waals surface area contributed by atoms with Gasteiger partial charge in [0.15, 0.2) is 6.61 Å². The Bertz CT molecular complexity index is 1180. The molecule has 1 fully saturated rings. The van der Waals surface area contributed by atoms with E-state index in [1.54, 1.807) is 5.32 Å². The maximum atomic E-state index is 15.0. The molecule has 0 aromatic heterocycles. The molecule has 0 radical (unpaired) electrons. The molecule has 1 aliphatic rings. The van der Waals surface area contributed by atoms with Crippen LogP contribution in [-0.4, -0.2) is 36.3 Å². The Kier molecular flexibility index (Phi) is 7.71. The fraction of sp³-hybridized carbons (Fsp3) is 0.364. The Morgan fingerprint density at radius 2 is 1.72 bits per heavy atom. The van der Waals surface area contributed by atoms with Crippen LogP contribution >= 0.6 is 23.2 Å². The van der Waals surface area contributed by atoms with Crippen molar-refractivity contribution < 1.29 is 45.1 Å². The van der Waals surface area contributed by atoms with E-state index in [1.165, 1.54) is 25.1 Å². The highest BCUT2D eigenvalue weighted by Gasteiger charge is 2.55. The van der Waals surface area contributed by atoms with Crippen molar-refractivity contribution in [1.29, 1.82) is 0 Å². The highest BCUT2D eigenvalue weighted by molar-refractivity contribution is 6.36. The van der Waals surface area contributed by atoms with Gasteiger partial charge in [-0.15, -0.1) is 0 Å². The molecule has 2 amide bonds. The lowest BCUT2D eigenvalue weighted by atomic mass is 9.99. The van der Waals surface area contributed by atoms with E-state index in [2.05, 4.69) is 5.32 Å². The van der Waals surface area contributed by atoms with E-state index in [-0.39, 0.29) is 45.3 Å². The molecule has 0 bridgehead atoms. The fourth-order valence-electron chi connectivity index (χ4n) is 3.36. The smallest absolute Gasteiger partial charge is 0.471 e. The number of ether oxygens (including phenoxy) is 1. The molecule has 5 nitrogen and oxygen atoms in total. The van der Waals surface area contributed by atoms with Gasteiger partial charge in [0.05, 0.1) is 11.1 Å². The number of hydrogen-bond acceptors (Lipinski definition) is 3. The summed E-state index contributed by atoms with van der Waals surface area (Å²) in [6, 6.07) is 4.87. The number of carbonyl (C=O) groups excluding carboxylic acids is 2. The van der Waals surface area contributed by atoms with Crippen molar-refractivity contribution in [2.45, 2.75) is 43.7 Å². The van der Waals surface area contributed by atoms with Gasteiger partial charge in [-0.05, 0) is 43.5 Å². The average Bonchev–Trinajstić information content (AvgIpc) is 3.51. The van der Waals surface area contributed by atoms with Gasteiger partial charge < -0.3 is 15.4 Å². The third-order valence-corrected chi connectivity index (χ3v) is 5.81. The van der Waals surface area contributed by atoms with Crippen molar-refractivity contribution in [2.75, 3.05) is 6.61 Å². The first-order valence-corrected chi connectivity index (χ1v) is 11.0. The van der Waals surface area contributed by atoms with E-state index in [0.717, 1.165) is 12.1 Å². The van der Waals surface area contributed by atoms with Crippen LogP contribution in [0.1, 0.15) is 31.4 Å². The van der Waals surface area contributed by atoms with Crippen LogP contribution < -0.4 is 15.4 Å². The number of halogens is 9. The molecule has 36 heavy (non-hydrogen) atoms. The summed E-state index contributed by atoms with van der Waals surface area (Å²) < 4.78 is 95.3. The van der Waals surface area contributed by atoms with Crippen LogP contribution in [0.4, 0.5) is 30.7 Å². The summed E-state index contributed by atoms with van der Waals surface area (Å²) in [5.74, 6) is -4.44. The quantitative estimate of drug-likeness (QED) is 0.400. The maximum absolute atomic E-state index is 15.0. The largest absolute Gasteiger partial charge is 0.482 e. The average molecular weight is 561 g/mol. The molecule has 1 atom stereocenters. The predicted molar refractivity (Wildman–Crippen MR) is 116 cm³/mol. The van der Waals surface area contributed by atoms with Crippen LogP contribution in [0.15, 0.2) is 30.3 Å². The number of nitrogens with one attached hydrogen (secondary N) is 2. The van der Waals surface area contributed by atoms with Gasteiger partial charge in [-0.1, -0.05) is 35.3 Å². The van der Waals surface area contributed by atoms with Crippen LogP contribution in [0.3, 0.4) is 0 Å². The Hall–Kier alpha value is -2.73. The van der Waals surface area contributed by atoms with E-state index in [0.29, 0.717) is 0 Å².